The smallest absolute Gasteiger partial charge is 0.182 e. The number of halogens is 3. The highest BCUT2D eigenvalue weighted by Crippen LogP contribution is 2.19. The summed E-state index contributed by atoms with van der Waals surface area (Å²) in [5, 5.41) is 2.74. The van der Waals surface area contributed by atoms with Gasteiger partial charge in [0.05, 0.1) is 5.69 Å². The first-order chi connectivity index (χ1) is 8.66. The molecule has 0 unspecified atom stereocenters. The van der Waals surface area contributed by atoms with Crippen LogP contribution >= 0.6 is 0 Å². The molecule has 0 spiro atoms. The molecule has 0 amide bonds. The third-order valence-corrected chi connectivity index (χ3v) is 3.16. The summed E-state index contributed by atoms with van der Waals surface area (Å²) in [6, 6.07) is 1.53. The summed E-state index contributed by atoms with van der Waals surface area (Å²) in [4.78, 5) is 2.34. The molecule has 0 saturated carbocycles. The van der Waals surface area contributed by atoms with Gasteiger partial charge >= 0.3 is 0 Å². The number of anilines is 1. The number of likely N-dealkylation sites (tertiary alicyclic amines) is 1. The average molecular weight is 258 g/mol. The molecular formula is C13H17F3N2. The first-order valence-corrected chi connectivity index (χ1v) is 6.27. The van der Waals surface area contributed by atoms with Crippen molar-refractivity contribution in [2.24, 2.45) is 0 Å². The van der Waals surface area contributed by atoms with E-state index in [1.165, 1.54) is 12.8 Å². The van der Waals surface area contributed by atoms with E-state index in [2.05, 4.69) is 10.2 Å². The summed E-state index contributed by atoms with van der Waals surface area (Å²) in [5.74, 6) is -2.94. The first kappa shape index (κ1) is 13.2. The van der Waals surface area contributed by atoms with Crippen LogP contribution in [0.5, 0.6) is 0 Å². The number of hydrogen-bond acceptors (Lipinski definition) is 2. The second kappa shape index (κ2) is 6.09. The highest BCUT2D eigenvalue weighted by Gasteiger charge is 2.12. The Kier molecular flexibility index (Phi) is 4.47. The Labute approximate surface area is 105 Å². The molecule has 0 atom stereocenters. The van der Waals surface area contributed by atoms with Crippen molar-refractivity contribution in [1.29, 1.82) is 0 Å². The van der Waals surface area contributed by atoms with Crippen molar-refractivity contribution in [3.05, 3.63) is 29.6 Å². The molecule has 1 aromatic carbocycles. The maximum Gasteiger partial charge on any atom is 0.182 e. The van der Waals surface area contributed by atoms with Gasteiger partial charge in [-0.15, -0.1) is 0 Å². The van der Waals surface area contributed by atoms with Crippen molar-refractivity contribution < 1.29 is 13.2 Å². The fourth-order valence-electron chi connectivity index (χ4n) is 2.22. The van der Waals surface area contributed by atoms with Crippen molar-refractivity contribution in [2.45, 2.75) is 19.3 Å². The van der Waals surface area contributed by atoms with Gasteiger partial charge in [0.15, 0.2) is 11.6 Å². The van der Waals surface area contributed by atoms with Crippen LogP contribution < -0.4 is 5.32 Å². The second-order valence-electron chi connectivity index (χ2n) is 4.58. The van der Waals surface area contributed by atoms with Gasteiger partial charge in [-0.3, -0.25) is 0 Å². The minimum atomic E-state index is -1.16. The Bertz CT molecular complexity index is 403. The number of nitrogens with one attached hydrogen (secondary N) is 1. The number of nitrogens with zero attached hydrogens (tertiary/aromatic N) is 1. The standard InChI is InChI=1S/C13H17F3N2/c14-10-8-11(15)13(16)12(9-10)17-4-3-7-18-5-1-2-6-18/h8-9,17H,1-7H2. The third-order valence-electron chi connectivity index (χ3n) is 3.16. The Morgan fingerprint density at radius 3 is 2.56 bits per heavy atom. The Balaban J connectivity index is 1.79. The molecule has 18 heavy (non-hydrogen) atoms. The van der Waals surface area contributed by atoms with E-state index in [0.29, 0.717) is 12.6 Å². The van der Waals surface area contributed by atoms with Crippen LogP contribution in [0.3, 0.4) is 0 Å². The summed E-state index contributed by atoms with van der Waals surface area (Å²) in [7, 11) is 0. The summed E-state index contributed by atoms with van der Waals surface area (Å²) >= 11 is 0. The van der Waals surface area contributed by atoms with E-state index in [1.54, 1.807) is 0 Å². The van der Waals surface area contributed by atoms with Gasteiger partial charge in [0.25, 0.3) is 0 Å². The molecule has 1 fully saturated rings. The molecule has 100 valence electrons. The average Bonchev–Trinajstić information content (AvgIpc) is 2.83. The zero-order valence-electron chi connectivity index (χ0n) is 10.2. The molecule has 5 heteroatoms. The number of hydrogen-bond donors (Lipinski definition) is 1. The van der Waals surface area contributed by atoms with Crippen molar-refractivity contribution >= 4 is 5.69 Å². The molecule has 0 bridgehead atoms. The van der Waals surface area contributed by atoms with Crippen molar-refractivity contribution in [3.63, 3.8) is 0 Å². The van der Waals surface area contributed by atoms with Gasteiger partial charge in [-0.1, -0.05) is 0 Å². The van der Waals surface area contributed by atoms with E-state index >= 15 is 0 Å². The molecule has 2 rings (SSSR count). The number of rotatable bonds is 5. The summed E-state index contributed by atoms with van der Waals surface area (Å²) in [6.07, 6.45) is 3.30. The topological polar surface area (TPSA) is 15.3 Å². The van der Waals surface area contributed by atoms with Crippen LogP contribution in [0.15, 0.2) is 12.1 Å². The van der Waals surface area contributed by atoms with E-state index in [9.17, 15) is 13.2 Å². The Morgan fingerprint density at radius 2 is 1.83 bits per heavy atom. The lowest BCUT2D eigenvalue weighted by Gasteiger charge is -2.15. The zero-order valence-corrected chi connectivity index (χ0v) is 10.2. The largest absolute Gasteiger partial charge is 0.382 e. The van der Waals surface area contributed by atoms with Crippen LogP contribution in [-0.4, -0.2) is 31.1 Å². The third kappa shape index (κ3) is 3.38. The lowest BCUT2D eigenvalue weighted by molar-refractivity contribution is 0.337. The molecule has 1 saturated heterocycles. The predicted octanol–water partition coefficient (Wildman–Crippen LogP) is 3.00. The maximum absolute atomic E-state index is 13.3. The number of benzene rings is 1. The Hall–Kier alpha value is -1.23. The predicted molar refractivity (Wildman–Crippen MR) is 65.1 cm³/mol. The van der Waals surface area contributed by atoms with Crippen LogP contribution in [0.25, 0.3) is 0 Å². The van der Waals surface area contributed by atoms with Gasteiger partial charge in [-0.05, 0) is 38.9 Å². The van der Waals surface area contributed by atoms with Crippen LogP contribution in [0, 0.1) is 17.5 Å². The minimum absolute atomic E-state index is 0.103. The van der Waals surface area contributed by atoms with E-state index in [-0.39, 0.29) is 5.69 Å². The van der Waals surface area contributed by atoms with Crippen LogP contribution in [-0.2, 0) is 0 Å². The molecule has 2 nitrogen and oxygen atoms in total. The van der Waals surface area contributed by atoms with Crippen LogP contribution in [0.1, 0.15) is 19.3 Å². The molecule has 0 aliphatic carbocycles. The highest BCUT2D eigenvalue weighted by atomic mass is 19.2. The maximum atomic E-state index is 13.3. The van der Waals surface area contributed by atoms with Crippen molar-refractivity contribution in [3.8, 4) is 0 Å². The monoisotopic (exact) mass is 258 g/mol. The van der Waals surface area contributed by atoms with Gasteiger partial charge in [0.1, 0.15) is 5.82 Å². The molecule has 1 aliphatic heterocycles. The molecule has 0 radical (unpaired) electrons. The molecule has 1 N–H and O–H groups in total. The Morgan fingerprint density at radius 1 is 1.11 bits per heavy atom. The fourth-order valence-corrected chi connectivity index (χ4v) is 2.22. The molecule has 1 aliphatic rings. The van der Waals surface area contributed by atoms with Gasteiger partial charge in [0.2, 0.25) is 0 Å². The summed E-state index contributed by atoms with van der Waals surface area (Å²) in [5.41, 5.74) is -0.103. The van der Waals surface area contributed by atoms with Gasteiger partial charge in [-0.25, -0.2) is 13.2 Å². The lowest BCUT2D eigenvalue weighted by Crippen LogP contribution is -2.22. The van der Waals surface area contributed by atoms with Crippen LogP contribution in [0.2, 0.25) is 0 Å². The SMILES string of the molecule is Fc1cc(F)c(F)c(NCCCN2CCCC2)c1. The second-order valence-corrected chi connectivity index (χ2v) is 4.58. The molecule has 0 aromatic heterocycles. The summed E-state index contributed by atoms with van der Waals surface area (Å²) in [6.45, 7) is 3.68. The van der Waals surface area contributed by atoms with Crippen LogP contribution in [0.4, 0.5) is 18.9 Å². The zero-order chi connectivity index (χ0) is 13.0. The first-order valence-electron chi connectivity index (χ1n) is 6.27. The lowest BCUT2D eigenvalue weighted by atomic mass is 10.2. The van der Waals surface area contributed by atoms with E-state index in [0.717, 1.165) is 32.1 Å². The van der Waals surface area contributed by atoms with Crippen molar-refractivity contribution in [2.75, 3.05) is 31.5 Å². The van der Waals surface area contributed by atoms with Crippen molar-refractivity contribution in [1.82, 2.24) is 4.90 Å². The van der Waals surface area contributed by atoms with E-state index in [1.807, 2.05) is 0 Å². The normalized spacial score (nSPS) is 16.2. The van der Waals surface area contributed by atoms with Gasteiger partial charge in [0, 0.05) is 18.7 Å². The van der Waals surface area contributed by atoms with E-state index in [4.69, 9.17) is 0 Å². The highest BCUT2D eigenvalue weighted by molar-refractivity contribution is 5.45. The fraction of sp³-hybridized carbons (Fsp3) is 0.538. The molecule has 1 heterocycles. The summed E-state index contributed by atoms with van der Waals surface area (Å²) < 4.78 is 39.1. The molecular weight excluding hydrogens is 241 g/mol. The van der Waals surface area contributed by atoms with Gasteiger partial charge < -0.3 is 10.2 Å². The van der Waals surface area contributed by atoms with E-state index < -0.39 is 17.5 Å². The molecule has 1 aromatic rings. The minimum Gasteiger partial charge on any atom is -0.382 e. The quantitative estimate of drug-likeness (QED) is 0.645. The van der Waals surface area contributed by atoms with Gasteiger partial charge in [-0.2, -0.15) is 0 Å².